The van der Waals surface area contributed by atoms with E-state index >= 15 is 0 Å². The van der Waals surface area contributed by atoms with E-state index in [0.717, 1.165) is 98.1 Å². The number of pyridine rings is 3. The number of morpholine rings is 1. The number of hydrogen-bond donors (Lipinski definition) is 0. The molecule has 0 unspecified atom stereocenters. The minimum atomic E-state index is 0.682. The van der Waals surface area contributed by atoms with Crippen LogP contribution in [0.1, 0.15) is 298 Å². The van der Waals surface area contributed by atoms with E-state index in [-0.39, 0.29) is 0 Å². The minimum absolute atomic E-state index is 0.682. The van der Waals surface area contributed by atoms with Crippen molar-refractivity contribution in [2.24, 2.45) is 23.7 Å². The molecule has 9 aliphatic heterocycles. The molecule has 14 rings (SSSR count). The van der Waals surface area contributed by atoms with Crippen molar-refractivity contribution in [3.8, 4) is 0 Å². The Kier molecular flexibility index (Phi) is 40.0. The second-order valence-electron chi connectivity index (χ2n) is 35.9. The Morgan fingerprint density at radius 1 is 0.279 bits per heavy atom. The fraction of sp³-hybridized carbons (Fsp3) is 0.835. The molecule has 0 N–H and O–H groups in total. The van der Waals surface area contributed by atoms with Crippen LogP contribution in [0.5, 0.6) is 0 Å². The number of aromatic nitrogens is 3. The van der Waals surface area contributed by atoms with Crippen LogP contribution < -0.4 is 0 Å². The number of piperidine rings is 8. The lowest BCUT2D eigenvalue weighted by atomic mass is 9.76. The summed E-state index contributed by atoms with van der Waals surface area (Å²) in [6, 6.07) is 21.6. The number of hydrogen-bond acceptors (Lipinski definition) is 13. The molecular weight excluding hydrogens is 1280 g/mol. The van der Waals surface area contributed by atoms with Crippen LogP contribution in [0, 0.1) is 23.7 Å². The van der Waals surface area contributed by atoms with Gasteiger partial charge in [0.05, 0.1) is 13.2 Å². The van der Waals surface area contributed by atoms with Crippen molar-refractivity contribution in [3.05, 3.63) is 90.3 Å². The maximum absolute atomic E-state index is 5.40. The van der Waals surface area contributed by atoms with Crippen LogP contribution in [0.15, 0.2) is 73.4 Å². The summed E-state index contributed by atoms with van der Waals surface area (Å²) < 4.78 is 5.40. The molecule has 104 heavy (non-hydrogen) atoms. The fourth-order valence-corrected chi connectivity index (χ4v) is 19.7. The van der Waals surface area contributed by atoms with E-state index in [0.29, 0.717) is 24.0 Å². The largest absolute Gasteiger partial charge is 0.379 e. The molecule has 9 saturated heterocycles. The molecule has 0 amide bonds. The lowest BCUT2D eigenvalue weighted by Crippen LogP contribution is -2.50. The predicted octanol–water partition coefficient (Wildman–Crippen LogP) is 18.5. The zero-order valence-corrected chi connectivity index (χ0v) is 70.0. The SMILES string of the molecule is CC(C)N1CCC(C2CCCC2)CC1.CC(C)N1CCC(C2CCCCC2)CC1.CC(C)N1CCC(N2CCCCC2)CC1.CC(C)N1CCC(N2CCOCC2)CC1.CC(C)N1CCC(c2ccccn2)CC1.CC(C)N1CCC(c2cccnc2)CC1.CC(C)N1CCC(c2ccncc2)CC1. The predicted molar refractivity (Wildman–Crippen MR) is 443 cm³/mol. The van der Waals surface area contributed by atoms with Gasteiger partial charge in [0.15, 0.2) is 0 Å². The van der Waals surface area contributed by atoms with Gasteiger partial charge in [-0.25, -0.2) is 0 Å². The summed E-state index contributed by atoms with van der Waals surface area (Å²) in [4.78, 5) is 36.3. The molecule has 0 spiro atoms. The van der Waals surface area contributed by atoms with Gasteiger partial charge in [-0.1, -0.05) is 76.3 Å². The quantitative estimate of drug-likeness (QED) is 0.154. The van der Waals surface area contributed by atoms with Crippen molar-refractivity contribution in [1.29, 1.82) is 0 Å². The average Bonchev–Trinajstić information content (AvgIpc) is 1.22. The van der Waals surface area contributed by atoms with E-state index in [1.165, 1.54) is 288 Å². The molecular formula is C91H162N12O. The monoisotopic (exact) mass is 1440 g/mol. The van der Waals surface area contributed by atoms with Crippen LogP contribution >= 0.6 is 0 Å². The second-order valence-corrected chi connectivity index (χ2v) is 35.9. The van der Waals surface area contributed by atoms with Gasteiger partial charge in [0, 0.05) is 110 Å². The van der Waals surface area contributed by atoms with Gasteiger partial charge >= 0.3 is 0 Å². The zero-order valence-electron chi connectivity index (χ0n) is 70.0. The topological polar surface area (TPSA) is 77.1 Å². The van der Waals surface area contributed by atoms with E-state index in [4.69, 9.17) is 4.74 Å². The third kappa shape index (κ3) is 30.0. The highest BCUT2D eigenvalue weighted by atomic mass is 16.5. The van der Waals surface area contributed by atoms with E-state index in [1.807, 2.05) is 43.1 Å². The molecule has 11 aliphatic rings. The summed E-state index contributed by atoms with van der Waals surface area (Å²) in [5, 5.41) is 0. The molecule has 13 nitrogen and oxygen atoms in total. The number of nitrogens with zero attached hydrogens (tertiary/aromatic N) is 12. The van der Waals surface area contributed by atoms with Gasteiger partial charge in [0.1, 0.15) is 0 Å². The summed E-state index contributed by atoms with van der Waals surface area (Å²) in [6.07, 6.45) is 46.7. The maximum Gasteiger partial charge on any atom is 0.0594 e. The van der Waals surface area contributed by atoms with E-state index in [1.54, 1.807) is 0 Å². The number of rotatable bonds is 14. The van der Waals surface area contributed by atoms with Crippen molar-refractivity contribution in [3.63, 3.8) is 0 Å². The molecule has 0 bridgehead atoms. The first kappa shape index (κ1) is 86.6. The van der Waals surface area contributed by atoms with Crippen molar-refractivity contribution < 1.29 is 4.74 Å². The number of ether oxygens (including phenoxy) is 1. The van der Waals surface area contributed by atoms with Crippen LogP contribution in [-0.2, 0) is 4.74 Å². The van der Waals surface area contributed by atoms with Gasteiger partial charge in [-0.2, -0.15) is 0 Å². The molecule has 11 fully saturated rings. The summed E-state index contributed by atoms with van der Waals surface area (Å²) in [6.45, 7) is 57.2. The lowest BCUT2D eigenvalue weighted by Gasteiger charge is -2.41. The molecule has 2 aliphatic carbocycles. The van der Waals surface area contributed by atoms with Gasteiger partial charge in [-0.15, -0.1) is 0 Å². The standard InChI is InChI=1S/C14H27N.3C13H20N2.C13H26N2.C13H25N.C12H24N2O/c1-12(2)15-10-8-14(9-11-15)13-6-4-3-5-7-13;1-11(2)15-9-5-13(6-10-15)12-3-7-14-8-4-12;1-11(2)15-8-5-12(6-9-15)13-4-3-7-14-10-13;1-11(2)15-9-6-12(7-10-15)13-5-3-4-8-14-13;1-12(2)14-10-6-13(7-11-14)15-8-4-3-5-9-15;1-11(2)14-9-7-13(8-10-14)12-5-3-4-6-12;1-11(2)13-5-3-12(4-6-13)14-7-9-15-10-8-14/h12-14H,3-11H2,1-2H3;3-4,7-8,11,13H,5-6,9-10H2,1-2H3;3-4,7,10-12H,5-6,8-9H2,1-2H3;3-5,8,11-12H,6-7,9-10H2,1-2H3;12-13H,3-11H2,1-2H3;11-13H,3-10H2,1-2H3;11-12H,3-10H2,1-2H3. The van der Waals surface area contributed by atoms with E-state index < -0.39 is 0 Å². The van der Waals surface area contributed by atoms with Crippen LogP contribution in [0.2, 0.25) is 0 Å². The van der Waals surface area contributed by atoms with Crippen molar-refractivity contribution in [1.82, 2.24) is 59.1 Å². The Bertz CT molecular complexity index is 2300. The zero-order chi connectivity index (χ0) is 74.0. The van der Waals surface area contributed by atoms with Crippen LogP contribution in [-0.4, -0.2) is 244 Å². The van der Waals surface area contributed by atoms with Crippen LogP contribution in [0.25, 0.3) is 0 Å². The molecule has 0 atom stereocenters. The van der Waals surface area contributed by atoms with Crippen molar-refractivity contribution >= 4 is 0 Å². The van der Waals surface area contributed by atoms with Gasteiger partial charge in [0.25, 0.3) is 0 Å². The van der Waals surface area contributed by atoms with Gasteiger partial charge in [0.2, 0.25) is 0 Å². The molecule has 13 heteroatoms. The highest BCUT2D eigenvalue weighted by Crippen LogP contribution is 2.39. The van der Waals surface area contributed by atoms with Crippen molar-refractivity contribution in [2.45, 2.75) is 336 Å². The van der Waals surface area contributed by atoms with E-state index in [9.17, 15) is 0 Å². The second kappa shape index (κ2) is 48.0. The Morgan fingerprint density at radius 3 is 0.981 bits per heavy atom. The lowest BCUT2D eigenvalue weighted by molar-refractivity contribution is -0.00175. The Labute approximate surface area is 641 Å². The third-order valence-electron chi connectivity index (χ3n) is 27.1. The maximum atomic E-state index is 5.40. The summed E-state index contributed by atoms with van der Waals surface area (Å²) >= 11 is 0. The smallest absolute Gasteiger partial charge is 0.0594 e. The first-order chi connectivity index (χ1) is 50.4. The first-order valence-electron chi connectivity index (χ1n) is 44.3. The Hall–Kier alpha value is -2.95. The molecule has 592 valence electrons. The molecule has 0 radical (unpaired) electrons. The van der Waals surface area contributed by atoms with Crippen molar-refractivity contribution in [2.75, 3.05) is 131 Å². The molecule has 2 saturated carbocycles. The average molecular weight is 1440 g/mol. The first-order valence-corrected chi connectivity index (χ1v) is 44.3. The molecule has 3 aromatic rings. The Morgan fingerprint density at radius 2 is 0.615 bits per heavy atom. The summed E-state index contributed by atoms with van der Waals surface area (Å²) in [5.41, 5.74) is 4.16. The van der Waals surface area contributed by atoms with Gasteiger partial charge in [-0.3, -0.25) is 19.9 Å². The minimum Gasteiger partial charge on any atom is -0.379 e. The summed E-state index contributed by atoms with van der Waals surface area (Å²) in [7, 11) is 0. The molecule has 0 aromatic carbocycles. The fourth-order valence-electron chi connectivity index (χ4n) is 19.7. The highest BCUT2D eigenvalue weighted by Gasteiger charge is 2.33. The highest BCUT2D eigenvalue weighted by molar-refractivity contribution is 5.17. The number of likely N-dealkylation sites (tertiary alicyclic amines) is 8. The van der Waals surface area contributed by atoms with Crippen LogP contribution in [0.3, 0.4) is 0 Å². The van der Waals surface area contributed by atoms with E-state index in [2.05, 4.69) is 186 Å². The Balaban J connectivity index is 0.000000154. The third-order valence-corrected chi connectivity index (χ3v) is 27.1. The molecule has 3 aromatic heterocycles. The van der Waals surface area contributed by atoms with Crippen LogP contribution in [0.4, 0.5) is 0 Å². The van der Waals surface area contributed by atoms with Gasteiger partial charge < -0.3 is 43.9 Å². The molecule has 12 heterocycles. The normalized spacial score (nSPS) is 24.1. The summed E-state index contributed by atoms with van der Waals surface area (Å²) in [5.74, 6) is 6.50. The van der Waals surface area contributed by atoms with Gasteiger partial charge in [-0.05, 0) is 381 Å².